The minimum absolute atomic E-state index is 0.706. The van der Waals surface area contributed by atoms with Gasteiger partial charge in [0.15, 0.2) is 0 Å². The van der Waals surface area contributed by atoms with E-state index in [1.807, 2.05) is 12.4 Å². The first-order chi connectivity index (χ1) is 10.4. The van der Waals surface area contributed by atoms with Crippen LogP contribution in [0.2, 0.25) is 0 Å². The number of aryl methyl sites for hydroxylation is 1. The van der Waals surface area contributed by atoms with Crippen LogP contribution in [0.1, 0.15) is 17.8 Å². The van der Waals surface area contributed by atoms with Crippen LogP contribution in [-0.2, 0) is 19.5 Å². The normalized spacial score (nSPS) is 18.0. The highest BCUT2D eigenvalue weighted by atomic mass is 15.1. The van der Waals surface area contributed by atoms with Gasteiger partial charge in [-0.15, -0.1) is 0 Å². The molecule has 3 heterocycles. The quantitative estimate of drug-likeness (QED) is 0.772. The van der Waals surface area contributed by atoms with Gasteiger partial charge < -0.3 is 14.9 Å². The van der Waals surface area contributed by atoms with Gasteiger partial charge in [-0.3, -0.25) is 0 Å². The van der Waals surface area contributed by atoms with Gasteiger partial charge in [-0.1, -0.05) is 12.1 Å². The highest BCUT2D eigenvalue weighted by Crippen LogP contribution is 2.19. The van der Waals surface area contributed by atoms with Crippen LogP contribution in [0.15, 0.2) is 42.9 Å². The number of aromatic amines is 1. The van der Waals surface area contributed by atoms with Crippen LogP contribution in [0, 0.1) is 5.92 Å². The van der Waals surface area contributed by atoms with E-state index >= 15 is 0 Å². The lowest BCUT2D eigenvalue weighted by molar-refractivity contribution is 0.347. The summed E-state index contributed by atoms with van der Waals surface area (Å²) in [6.07, 6.45) is 8.36. The largest absolute Gasteiger partial charge is 0.361 e. The third-order valence-corrected chi connectivity index (χ3v) is 4.47. The summed E-state index contributed by atoms with van der Waals surface area (Å²) in [7, 11) is 0. The maximum Gasteiger partial charge on any atom is 0.108 e. The van der Waals surface area contributed by atoms with Crippen LogP contribution in [-0.4, -0.2) is 21.1 Å². The summed E-state index contributed by atoms with van der Waals surface area (Å²) in [5.74, 6) is 1.94. The van der Waals surface area contributed by atoms with Gasteiger partial charge in [-0.05, 0) is 36.6 Å². The lowest BCUT2D eigenvalue weighted by atomic mass is 9.99. The summed E-state index contributed by atoms with van der Waals surface area (Å²) in [5.41, 5.74) is 2.59. The second-order valence-corrected chi connectivity index (χ2v) is 5.89. The molecule has 1 atom stereocenters. The molecule has 0 bridgehead atoms. The number of imidazole rings is 1. The molecule has 2 aromatic heterocycles. The second kappa shape index (κ2) is 5.37. The Morgan fingerprint density at radius 3 is 3.33 bits per heavy atom. The fourth-order valence-corrected chi connectivity index (χ4v) is 3.32. The maximum absolute atomic E-state index is 4.39. The highest BCUT2D eigenvalue weighted by molar-refractivity contribution is 5.82. The standard InChI is InChI=1S/C17H20N4/c1-2-14(15-6-7-19-16(15)3-1)11-18-10-13-4-5-17-20-8-9-21(17)12-13/h1-3,6-9,13,18-19H,4-5,10-12H2/t13-/m1/s1. The van der Waals surface area contributed by atoms with Crippen LogP contribution in [0.5, 0.6) is 0 Å². The van der Waals surface area contributed by atoms with Crippen molar-refractivity contribution in [2.75, 3.05) is 6.54 Å². The Balaban J connectivity index is 1.37. The summed E-state index contributed by atoms with van der Waals surface area (Å²) < 4.78 is 2.29. The van der Waals surface area contributed by atoms with E-state index in [0.29, 0.717) is 5.92 Å². The summed E-state index contributed by atoms with van der Waals surface area (Å²) in [5, 5.41) is 4.95. The topological polar surface area (TPSA) is 45.6 Å². The van der Waals surface area contributed by atoms with Gasteiger partial charge in [0.25, 0.3) is 0 Å². The fraction of sp³-hybridized carbons (Fsp3) is 0.353. The van der Waals surface area contributed by atoms with E-state index in [9.17, 15) is 0 Å². The third kappa shape index (κ3) is 2.47. The van der Waals surface area contributed by atoms with E-state index in [-0.39, 0.29) is 0 Å². The molecule has 0 radical (unpaired) electrons. The Morgan fingerprint density at radius 1 is 1.33 bits per heavy atom. The predicted molar refractivity (Wildman–Crippen MR) is 84.0 cm³/mol. The van der Waals surface area contributed by atoms with Crippen molar-refractivity contribution >= 4 is 10.9 Å². The number of H-pyrrole nitrogens is 1. The molecule has 0 unspecified atom stereocenters. The Bertz CT molecular complexity index is 740. The number of rotatable bonds is 4. The molecule has 0 saturated heterocycles. The van der Waals surface area contributed by atoms with E-state index in [1.54, 1.807) is 0 Å². The molecule has 0 saturated carbocycles. The van der Waals surface area contributed by atoms with Crippen molar-refractivity contribution in [2.45, 2.75) is 25.9 Å². The van der Waals surface area contributed by atoms with Crippen molar-refractivity contribution in [2.24, 2.45) is 5.92 Å². The Labute approximate surface area is 124 Å². The Kier molecular flexibility index (Phi) is 3.24. The zero-order valence-corrected chi connectivity index (χ0v) is 12.0. The lowest BCUT2D eigenvalue weighted by Gasteiger charge is -2.24. The molecule has 4 rings (SSSR count). The van der Waals surface area contributed by atoms with Gasteiger partial charge in [0.05, 0.1) is 0 Å². The fourth-order valence-electron chi connectivity index (χ4n) is 3.32. The van der Waals surface area contributed by atoms with Crippen LogP contribution in [0.3, 0.4) is 0 Å². The zero-order valence-electron chi connectivity index (χ0n) is 12.0. The molecule has 108 valence electrons. The number of hydrogen-bond donors (Lipinski definition) is 2. The SMILES string of the molecule is c1cc(CNC[C@H]2CCc3nccn3C2)c2cc[nH]c2c1. The average molecular weight is 280 g/mol. The summed E-state index contributed by atoms with van der Waals surface area (Å²) >= 11 is 0. The lowest BCUT2D eigenvalue weighted by Crippen LogP contribution is -2.29. The van der Waals surface area contributed by atoms with Gasteiger partial charge in [-0.25, -0.2) is 4.98 Å². The third-order valence-electron chi connectivity index (χ3n) is 4.47. The molecule has 0 fully saturated rings. The number of nitrogens with one attached hydrogen (secondary N) is 2. The average Bonchev–Trinajstić information content (AvgIpc) is 3.15. The number of hydrogen-bond acceptors (Lipinski definition) is 2. The molecule has 4 heteroatoms. The van der Waals surface area contributed by atoms with Crippen molar-refractivity contribution in [1.29, 1.82) is 0 Å². The smallest absolute Gasteiger partial charge is 0.108 e. The molecular formula is C17H20N4. The highest BCUT2D eigenvalue weighted by Gasteiger charge is 2.18. The first-order valence-electron chi connectivity index (χ1n) is 7.66. The van der Waals surface area contributed by atoms with E-state index in [2.05, 4.69) is 50.3 Å². The number of fused-ring (bicyclic) bond motifs is 2. The monoisotopic (exact) mass is 280 g/mol. The second-order valence-electron chi connectivity index (χ2n) is 5.89. The van der Waals surface area contributed by atoms with E-state index in [0.717, 1.165) is 26.1 Å². The first-order valence-corrected chi connectivity index (χ1v) is 7.66. The Hall–Kier alpha value is -2.07. The minimum atomic E-state index is 0.706. The van der Waals surface area contributed by atoms with Crippen molar-refractivity contribution in [1.82, 2.24) is 19.9 Å². The molecule has 21 heavy (non-hydrogen) atoms. The molecule has 1 aliphatic rings. The van der Waals surface area contributed by atoms with Crippen molar-refractivity contribution in [3.63, 3.8) is 0 Å². The predicted octanol–water partition coefficient (Wildman–Crippen LogP) is 2.72. The number of aromatic nitrogens is 3. The summed E-state index contributed by atoms with van der Waals surface area (Å²) in [6.45, 7) is 3.09. The zero-order chi connectivity index (χ0) is 14.1. The maximum atomic E-state index is 4.39. The Morgan fingerprint density at radius 2 is 2.33 bits per heavy atom. The van der Waals surface area contributed by atoms with Crippen molar-refractivity contribution < 1.29 is 0 Å². The molecular weight excluding hydrogens is 260 g/mol. The van der Waals surface area contributed by atoms with Crippen LogP contribution in [0.4, 0.5) is 0 Å². The summed E-state index contributed by atoms with van der Waals surface area (Å²) in [4.78, 5) is 7.66. The molecule has 0 aliphatic carbocycles. The van der Waals surface area contributed by atoms with Gasteiger partial charge in [0, 0.05) is 49.0 Å². The van der Waals surface area contributed by atoms with Gasteiger partial charge in [0.2, 0.25) is 0 Å². The van der Waals surface area contributed by atoms with E-state index in [1.165, 1.54) is 28.7 Å². The van der Waals surface area contributed by atoms with Crippen LogP contribution < -0.4 is 5.32 Å². The number of nitrogens with zero attached hydrogens (tertiary/aromatic N) is 2. The van der Waals surface area contributed by atoms with Gasteiger partial charge >= 0.3 is 0 Å². The van der Waals surface area contributed by atoms with Gasteiger partial charge in [0.1, 0.15) is 5.82 Å². The molecule has 3 aromatic rings. The van der Waals surface area contributed by atoms with Gasteiger partial charge in [-0.2, -0.15) is 0 Å². The summed E-state index contributed by atoms with van der Waals surface area (Å²) in [6, 6.07) is 8.61. The van der Waals surface area contributed by atoms with E-state index in [4.69, 9.17) is 0 Å². The molecule has 4 nitrogen and oxygen atoms in total. The van der Waals surface area contributed by atoms with E-state index < -0.39 is 0 Å². The minimum Gasteiger partial charge on any atom is -0.361 e. The van der Waals surface area contributed by atoms with Crippen LogP contribution in [0.25, 0.3) is 10.9 Å². The first kappa shape index (κ1) is 12.7. The molecule has 1 aromatic carbocycles. The molecule has 2 N–H and O–H groups in total. The van der Waals surface area contributed by atoms with Crippen molar-refractivity contribution in [3.8, 4) is 0 Å². The molecule has 0 spiro atoms. The number of benzene rings is 1. The molecule has 1 aliphatic heterocycles. The van der Waals surface area contributed by atoms with Crippen molar-refractivity contribution in [3.05, 3.63) is 54.2 Å². The molecule has 0 amide bonds. The van der Waals surface area contributed by atoms with Crippen LogP contribution >= 0.6 is 0 Å².